The van der Waals surface area contributed by atoms with E-state index in [9.17, 15) is 13.2 Å². The smallest absolute Gasteiger partial charge is 0.211 e. The Morgan fingerprint density at radius 1 is 0.947 bits per heavy atom. The molecule has 1 aliphatic rings. The summed E-state index contributed by atoms with van der Waals surface area (Å²) >= 11 is 0. The maximum atomic E-state index is 13.3. The summed E-state index contributed by atoms with van der Waals surface area (Å²) in [5.74, 6) is 0.323. The Kier molecular flexibility index (Phi) is 2.62. The summed E-state index contributed by atoms with van der Waals surface area (Å²) in [6.45, 7) is 0. The van der Waals surface area contributed by atoms with Gasteiger partial charge in [-0.05, 0) is 11.1 Å². The van der Waals surface area contributed by atoms with Crippen LogP contribution in [0.1, 0.15) is 11.6 Å². The van der Waals surface area contributed by atoms with Crippen LogP contribution in [0.15, 0.2) is 59.7 Å². The van der Waals surface area contributed by atoms with E-state index in [4.69, 9.17) is 0 Å². The first-order chi connectivity index (χ1) is 9.07. The number of pyridine rings is 1. The van der Waals surface area contributed by atoms with Crippen LogP contribution in [0.5, 0.6) is 0 Å². The summed E-state index contributed by atoms with van der Waals surface area (Å²) < 4.78 is 41.0. The molecular formula is C14H10F3N2+. The zero-order valence-electron chi connectivity index (χ0n) is 9.80. The molecule has 0 saturated carbocycles. The van der Waals surface area contributed by atoms with E-state index in [2.05, 4.69) is 4.99 Å². The molecule has 0 amide bonds. The molecule has 1 aliphatic heterocycles. The van der Waals surface area contributed by atoms with Crippen LogP contribution in [0.4, 0.5) is 19.0 Å². The summed E-state index contributed by atoms with van der Waals surface area (Å²) in [6, 6.07) is 11.6. The molecule has 3 rings (SSSR count). The number of benzene rings is 1. The summed E-state index contributed by atoms with van der Waals surface area (Å²) in [5, 5.41) is 0. The number of nitrogens with zero attached hydrogens (tertiary/aromatic N) is 2. The van der Waals surface area contributed by atoms with Gasteiger partial charge in [0.2, 0.25) is 5.71 Å². The van der Waals surface area contributed by atoms with E-state index < -0.39 is 12.2 Å². The Morgan fingerprint density at radius 3 is 2.32 bits per heavy atom. The topological polar surface area (TPSA) is 16.2 Å². The Bertz CT molecular complexity index is 633. The van der Waals surface area contributed by atoms with Crippen LogP contribution in [-0.4, -0.2) is 11.9 Å². The lowest BCUT2D eigenvalue weighted by Crippen LogP contribution is -2.48. The fourth-order valence-corrected chi connectivity index (χ4v) is 2.22. The minimum absolute atomic E-state index is 0.0410. The highest BCUT2D eigenvalue weighted by Crippen LogP contribution is 2.35. The zero-order chi connectivity index (χ0) is 13.5. The van der Waals surface area contributed by atoms with Gasteiger partial charge in [-0.3, -0.25) is 0 Å². The van der Waals surface area contributed by atoms with Gasteiger partial charge in [-0.25, -0.2) is 4.57 Å². The average molecular weight is 263 g/mol. The van der Waals surface area contributed by atoms with E-state index >= 15 is 0 Å². The van der Waals surface area contributed by atoms with Gasteiger partial charge >= 0.3 is 12.0 Å². The molecule has 2 aromatic rings. The molecule has 1 unspecified atom stereocenters. The van der Waals surface area contributed by atoms with Crippen LogP contribution < -0.4 is 4.57 Å². The summed E-state index contributed by atoms with van der Waals surface area (Å²) in [7, 11) is 0. The highest BCUT2D eigenvalue weighted by atomic mass is 19.4. The highest BCUT2D eigenvalue weighted by molar-refractivity contribution is 6.05. The molecule has 2 heterocycles. The lowest BCUT2D eigenvalue weighted by molar-refractivity contribution is -0.713. The highest BCUT2D eigenvalue weighted by Gasteiger charge is 2.54. The van der Waals surface area contributed by atoms with Gasteiger partial charge in [-0.15, -0.1) is 0 Å². The van der Waals surface area contributed by atoms with Crippen molar-refractivity contribution < 1.29 is 17.7 Å². The van der Waals surface area contributed by atoms with Gasteiger partial charge in [0.15, 0.2) is 0 Å². The number of hydrogen-bond acceptors (Lipinski definition) is 1. The molecule has 1 atom stereocenters. The van der Waals surface area contributed by atoms with Crippen molar-refractivity contribution in [3.63, 3.8) is 0 Å². The maximum absolute atomic E-state index is 13.3. The number of aromatic nitrogens is 1. The third-order valence-corrected chi connectivity index (χ3v) is 3.02. The SMILES string of the molecule is FC(F)(F)C1C(c2ccccc2)=Nc2cccc[n+]21. The molecule has 0 saturated heterocycles. The van der Waals surface area contributed by atoms with Crippen molar-refractivity contribution >= 4 is 11.5 Å². The lowest BCUT2D eigenvalue weighted by atomic mass is 10.0. The molecule has 0 bridgehead atoms. The molecule has 0 fully saturated rings. The largest absolute Gasteiger partial charge is 0.437 e. The first kappa shape index (κ1) is 11.9. The second-order valence-electron chi connectivity index (χ2n) is 4.27. The molecule has 96 valence electrons. The van der Waals surface area contributed by atoms with Crippen LogP contribution in [0.3, 0.4) is 0 Å². The molecule has 2 nitrogen and oxygen atoms in total. The zero-order valence-corrected chi connectivity index (χ0v) is 9.80. The van der Waals surface area contributed by atoms with E-state index in [1.165, 1.54) is 6.20 Å². The minimum atomic E-state index is -4.37. The van der Waals surface area contributed by atoms with Crippen LogP contribution in [0, 0.1) is 0 Å². The molecule has 0 radical (unpaired) electrons. The van der Waals surface area contributed by atoms with Crippen molar-refractivity contribution in [1.29, 1.82) is 0 Å². The Hall–Kier alpha value is -2.17. The van der Waals surface area contributed by atoms with Crippen molar-refractivity contribution in [3.05, 3.63) is 60.3 Å². The number of halogens is 3. The van der Waals surface area contributed by atoms with E-state index in [0.29, 0.717) is 11.4 Å². The van der Waals surface area contributed by atoms with Gasteiger partial charge in [-0.2, -0.15) is 13.2 Å². The second-order valence-corrected chi connectivity index (χ2v) is 4.27. The molecular weight excluding hydrogens is 253 g/mol. The number of alkyl halides is 3. The van der Waals surface area contributed by atoms with Gasteiger partial charge < -0.3 is 0 Å². The van der Waals surface area contributed by atoms with Crippen LogP contribution in [-0.2, 0) is 0 Å². The normalized spacial score (nSPS) is 18.1. The maximum Gasteiger partial charge on any atom is 0.437 e. The van der Waals surface area contributed by atoms with Gasteiger partial charge in [0.25, 0.3) is 6.04 Å². The van der Waals surface area contributed by atoms with Crippen molar-refractivity contribution in [2.45, 2.75) is 12.2 Å². The Balaban J connectivity index is 2.16. The summed E-state index contributed by atoms with van der Waals surface area (Å²) in [5.41, 5.74) is 0.535. The van der Waals surface area contributed by atoms with Gasteiger partial charge in [0.05, 0.1) is 6.20 Å². The van der Waals surface area contributed by atoms with Crippen molar-refractivity contribution in [2.75, 3.05) is 0 Å². The molecule has 1 aromatic carbocycles. The Morgan fingerprint density at radius 2 is 1.63 bits per heavy atom. The Labute approximate surface area is 107 Å². The van der Waals surface area contributed by atoms with E-state index in [1.807, 2.05) is 0 Å². The van der Waals surface area contributed by atoms with Crippen LogP contribution in [0.2, 0.25) is 0 Å². The average Bonchev–Trinajstić information content (AvgIpc) is 2.79. The predicted molar refractivity (Wildman–Crippen MR) is 64.4 cm³/mol. The second kappa shape index (κ2) is 4.19. The van der Waals surface area contributed by atoms with Crippen molar-refractivity contribution in [1.82, 2.24) is 0 Å². The number of hydrogen-bond donors (Lipinski definition) is 0. The molecule has 19 heavy (non-hydrogen) atoms. The van der Waals surface area contributed by atoms with E-state index in [-0.39, 0.29) is 5.71 Å². The molecule has 5 heteroatoms. The molecule has 1 aromatic heterocycles. The third-order valence-electron chi connectivity index (χ3n) is 3.02. The molecule has 0 spiro atoms. The van der Waals surface area contributed by atoms with Gasteiger partial charge in [-0.1, -0.05) is 36.4 Å². The van der Waals surface area contributed by atoms with E-state index in [1.54, 1.807) is 48.5 Å². The minimum Gasteiger partial charge on any atom is -0.211 e. The summed E-state index contributed by atoms with van der Waals surface area (Å²) in [4.78, 5) is 4.13. The summed E-state index contributed by atoms with van der Waals surface area (Å²) in [6.07, 6.45) is -2.96. The van der Waals surface area contributed by atoms with Crippen molar-refractivity contribution in [3.8, 4) is 0 Å². The predicted octanol–water partition coefficient (Wildman–Crippen LogP) is 3.21. The van der Waals surface area contributed by atoms with Crippen LogP contribution in [0.25, 0.3) is 0 Å². The lowest BCUT2D eigenvalue weighted by Gasteiger charge is -2.14. The monoisotopic (exact) mass is 263 g/mol. The first-order valence-corrected chi connectivity index (χ1v) is 5.78. The van der Waals surface area contributed by atoms with Crippen LogP contribution >= 0.6 is 0 Å². The molecule has 0 N–H and O–H groups in total. The fraction of sp³-hybridized carbons (Fsp3) is 0.143. The van der Waals surface area contributed by atoms with E-state index in [0.717, 1.165) is 4.57 Å². The van der Waals surface area contributed by atoms with Crippen molar-refractivity contribution in [2.24, 2.45) is 4.99 Å². The number of aliphatic imine (C=N–C) groups is 1. The first-order valence-electron chi connectivity index (χ1n) is 5.78. The number of fused-ring (bicyclic) bond motifs is 1. The van der Waals surface area contributed by atoms with Gasteiger partial charge in [0.1, 0.15) is 0 Å². The standard InChI is InChI=1S/C14H10F3N2/c15-14(16,17)13-12(10-6-2-1-3-7-10)18-11-8-4-5-9-19(11)13/h1-9,13H/q+1. The third kappa shape index (κ3) is 2.01. The fourth-order valence-electron chi connectivity index (χ4n) is 2.22. The number of rotatable bonds is 1. The molecule has 0 aliphatic carbocycles. The quantitative estimate of drug-likeness (QED) is 0.702. The van der Waals surface area contributed by atoms with Gasteiger partial charge in [0, 0.05) is 11.6 Å².